The van der Waals surface area contributed by atoms with E-state index in [1.807, 2.05) is 12.1 Å². The van der Waals surface area contributed by atoms with E-state index in [1.54, 1.807) is 6.20 Å². The second-order valence-corrected chi connectivity index (χ2v) is 5.01. The van der Waals surface area contributed by atoms with E-state index < -0.39 is 0 Å². The highest BCUT2D eigenvalue weighted by Crippen LogP contribution is 2.29. The molecule has 1 atom stereocenters. The monoisotopic (exact) mass is 332 g/mol. The quantitative estimate of drug-likeness (QED) is 0.905. The van der Waals surface area contributed by atoms with Crippen LogP contribution in [0.3, 0.4) is 0 Å². The Morgan fingerprint density at radius 2 is 2.27 bits per heavy atom. The molecular formula is C10H10Br2N2O. The van der Waals surface area contributed by atoms with Gasteiger partial charge in [-0.15, -0.1) is 0 Å². The number of ether oxygens (including phenoxy) is 1. The Bertz CT molecular complexity index is 406. The molecule has 1 aliphatic heterocycles. The molecular weight excluding hydrogens is 324 g/mol. The van der Waals surface area contributed by atoms with E-state index in [-0.39, 0.29) is 6.04 Å². The Hall–Kier alpha value is -0.390. The molecule has 15 heavy (non-hydrogen) atoms. The van der Waals surface area contributed by atoms with Crippen molar-refractivity contribution >= 4 is 31.9 Å². The smallest absolute Gasteiger partial charge is 0.115 e. The van der Waals surface area contributed by atoms with Gasteiger partial charge in [0.1, 0.15) is 11.8 Å². The average molecular weight is 334 g/mol. The van der Waals surface area contributed by atoms with Gasteiger partial charge in [-0.25, -0.2) is 0 Å². The Labute approximate surface area is 105 Å². The van der Waals surface area contributed by atoms with Gasteiger partial charge in [-0.3, -0.25) is 4.98 Å². The molecule has 1 unspecified atom stereocenters. The summed E-state index contributed by atoms with van der Waals surface area (Å²) < 4.78 is 7.23. The molecule has 0 bridgehead atoms. The number of nitrogens with two attached hydrogens (primary N) is 1. The molecule has 0 fully saturated rings. The number of pyridine rings is 1. The highest BCUT2D eigenvalue weighted by molar-refractivity contribution is 9.11. The SMILES string of the molecule is NC(C1=CCCO1)c1ncc(Br)cc1Br. The molecule has 5 heteroatoms. The largest absolute Gasteiger partial charge is 0.496 e. The van der Waals surface area contributed by atoms with Gasteiger partial charge in [0.25, 0.3) is 0 Å². The minimum atomic E-state index is -0.282. The lowest BCUT2D eigenvalue weighted by atomic mass is 10.1. The van der Waals surface area contributed by atoms with Gasteiger partial charge in [-0.2, -0.15) is 0 Å². The van der Waals surface area contributed by atoms with Crippen LogP contribution in [0.4, 0.5) is 0 Å². The van der Waals surface area contributed by atoms with E-state index in [0.29, 0.717) is 0 Å². The number of halogens is 2. The number of aromatic nitrogens is 1. The highest BCUT2D eigenvalue weighted by atomic mass is 79.9. The molecule has 1 aliphatic rings. The fourth-order valence-electron chi connectivity index (χ4n) is 1.44. The Balaban J connectivity index is 2.28. The molecule has 3 nitrogen and oxygen atoms in total. The van der Waals surface area contributed by atoms with Crippen LogP contribution in [0.2, 0.25) is 0 Å². The third kappa shape index (κ3) is 2.41. The van der Waals surface area contributed by atoms with Gasteiger partial charge in [-0.1, -0.05) is 0 Å². The van der Waals surface area contributed by atoms with Crippen molar-refractivity contribution in [2.24, 2.45) is 5.73 Å². The summed E-state index contributed by atoms with van der Waals surface area (Å²) in [6.45, 7) is 0.719. The van der Waals surface area contributed by atoms with E-state index in [4.69, 9.17) is 10.5 Å². The summed E-state index contributed by atoms with van der Waals surface area (Å²) >= 11 is 6.79. The maximum absolute atomic E-state index is 6.05. The molecule has 0 amide bonds. The zero-order chi connectivity index (χ0) is 10.8. The molecule has 0 aromatic carbocycles. The number of rotatable bonds is 2. The van der Waals surface area contributed by atoms with Gasteiger partial charge in [0.05, 0.1) is 12.3 Å². The van der Waals surface area contributed by atoms with Crippen molar-refractivity contribution < 1.29 is 4.74 Å². The number of hydrogen-bond donors (Lipinski definition) is 1. The molecule has 80 valence electrons. The zero-order valence-electron chi connectivity index (χ0n) is 7.91. The maximum Gasteiger partial charge on any atom is 0.115 e. The number of hydrogen-bond acceptors (Lipinski definition) is 3. The summed E-state index contributed by atoms with van der Waals surface area (Å²) in [4.78, 5) is 4.28. The van der Waals surface area contributed by atoms with Crippen LogP contribution in [0.1, 0.15) is 18.2 Å². The molecule has 0 aliphatic carbocycles. The molecule has 1 aromatic rings. The van der Waals surface area contributed by atoms with Crippen molar-refractivity contribution in [3.05, 3.63) is 38.7 Å². The highest BCUT2D eigenvalue weighted by Gasteiger charge is 2.20. The van der Waals surface area contributed by atoms with E-state index >= 15 is 0 Å². The van der Waals surface area contributed by atoms with Gasteiger partial charge < -0.3 is 10.5 Å². The van der Waals surface area contributed by atoms with Gasteiger partial charge in [0.2, 0.25) is 0 Å². The van der Waals surface area contributed by atoms with Gasteiger partial charge in [0, 0.05) is 21.6 Å². The molecule has 2 N–H and O–H groups in total. The molecule has 0 radical (unpaired) electrons. The standard InChI is InChI=1S/C10H10Br2N2O/c11-6-4-7(12)10(14-5-6)9(13)8-2-1-3-15-8/h2,4-5,9H,1,3,13H2. The van der Waals surface area contributed by atoms with Crippen LogP contribution in [0.5, 0.6) is 0 Å². The summed E-state index contributed by atoms with van der Waals surface area (Å²) in [5.41, 5.74) is 6.85. The Morgan fingerprint density at radius 1 is 1.47 bits per heavy atom. The minimum Gasteiger partial charge on any atom is -0.496 e. The Kier molecular flexibility index (Phi) is 3.43. The van der Waals surface area contributed by atoms with Gasteiger partial charge in [-0.05, 0) is 44.0 Å². The van der Waals surface area contributed by atoms with Crippen molar-refractivity contribution in [3.63, 3.8) is 0 Å². The summed E-state index contributed by atoms with van der Waals surface area (Å²) in [5.74, 6) is 0.811. The first-order valence-corrected chi connectivity index (χ1v) is 6.16. The normalized spacial score (nSPS) is 17.1. The fraction of sp³-hybridized carbons (Fsp3) is 0.300. The number of nitrogens with zero attached hydrogens (tertiary/aromatic N) is 1. The molecule has 0 saturated heterocycles. The fourth-order valence-corrected chi connectivity index (χ4v) is 2.68. The Morgan fingerprint density at radius 3 is 2.87 bits per heavy atom. The van der Waals surface area contributed by atoms with Crippen molar-refractivity contribution in [2.75, 3.05) is 6.61 Å². The third-order valence-electron chi connectivity index (χ3n) is 2.17. The van der Waals surface area contributed by atoms with Gasteiger partial charge in [0.15, 0.2) is 0 Å². The van der Waals surface area contributed by atoms with Crippen molar-refractivity contribution in [3.8, 4) is 0 Å². The first-order chi connectivity index (χ1) is 7.18. The minimum absolute atomic E-state index is 0.282. The van der Waals surface area contributed by atoms with Crippen LogP contribution in [-0.2, 0) is 4.74 Å². The molecule has 2 rings (SSSR count). The summed E-state index contributed by atoms with van der Waals surface area (Å²) in [6, 6.07) is 1.65. The molecule has 1 aromatic heterocycles. The van der Waals surface area contributed by atoms with E-state index in [2.05, 4.69) is 36.8 Å². The predicted octanol–water partition coefficient (Wildman–Crippen LogP) is 2.91. The van der Waals surface area contributed by atoms with Crippen molar-refractivity contribution in [1.29, 1.82) is 0 Å². The summed E-state index contributed by atoms with van der Waals surface area (Å²) in [7, 11) is 0. The second-order valence-electron chi connectivity index (χ2n) is 3.24. The van der Waals surface area contributed by atoms with E-state index in [1.165, 1.54) is 0 Å². The third-order valence-corrected chi connectivity index (χ3v) is 3.24. The predicted molar refractivity (Wildman–Crippen MR) is 65.2 cm³/mol. The maximum atomic E-state index is 6.05. The van der Waals surface area contributed by atoms with E-state index in [0.717, 1.165) is 33.4 Å². The van der Waals surface area contributed by atoms with Crippen LogP contribution in [0, 0.1) is 0 Å². The van der Waals surface area contributed by atoms with Crippen LogP contribution in [-0.4, -0.2) is 11.6 Å². The van der Waals surface area contributed by atoms with Gasteiger partial charge >= 0.3 is 0 Å². The van der Waals surface area contributed by atoms with Crippen LogP contribution >= 0.6 is 31.9 Å². The summed E-state index contributed by atoms with van der Waals surface area (Å²) in [6.07, 6.45) is 4.67. The lowest BCUT2D eigenvalue weighted by molar-refractivity contribution is 0.224. The first-order valence-electron chi connectivity index (χ1n) is 4.58. The van der Waals surface area contributed by atoms with Crippen LogP contribution in [0.25, 0.3) is 0 Å². The zero-order valence-corrected chi connectivity index (χ0v) is 11.1. The molecule has 0 saturated carbocycles. The average Bonchev–Trinajstić information content (AvgIpc) is 2.69. The summed E-state index contributed by atoms with van der Waals surface area (Å²) in [5, 5.41) is 0. The van der Waals surface area contributed by atoms with Crippen molar-refractivity contribution in [2.45, 2.75) is 12.5 Å². The first kappa shape index (κ1) is 11.1. The lowest BCUT2D eigenvalue weighted by Crippen LogP contribution is -2.15. The van der Waals surface area contributed by atoms with E-state index in [9.17, 15) is 0 Å². The molecule has 2 heterocycles. The second kappa shape index (κ2) is 4.63. The van der Waals surface area contributed by atoms with Crippen molar-refractivity contribution in [1.82, 2.24) is 4.98 Å². The molecule has 0 spiro atoms. The topological polar surface area (TPSA) is 48.1 Å². The van der Waals surface area contributed by atoms with Crippen LogP contribution < -0.4 is 5.73 Å². The van der Waals surface area contributed by atoms with Crippen LogP contribution in [0.15, 0.2) is 33.0 Å². The lowest BCUT2D eigenvalue weighted by Gasteiger charge is -2.14.